The summed E-state index contributed by atoms with van der Waals surface area (Å²) in [7, 11) is 0. The van der Waals surface area contributed by atoms with Crippen molar-refractivity contribution in [2.24, 2.45) is 23.5 Å². The van der Waals surface area contributed by atoms with Gasteiger partial charge < -0.3 is 11.1 Å². The lowest BCUT2D eigenvalue weighted by molar-refractivity contribution is -0.127. The van der Waals surface area contributed by atoms with Crippen LogP contribution in [-0.2, 0) is 4.79 Å². The van der Waals surface area contributed by atoms with Crippen LogP contribution in [0, 0.1) is 17.8 Å². The van der Waals surface area contributed by atoms with Crippen molar-refractivity contribution in [1.29, 1.82) is 0 Å². The Morgan fingerprint density at radius 3 is 2.55 bits per heavy atom. The van der Waals surface area contributed by atoms with Crippen LogP contribution in [0.2, 0.25) is 0 Å². The lowest BCUT2D eigenvalue weighted by Gasteiger charge is -2.33. The molecule has 3 N–H and O–H groups in total. The van der Waals surface area contributed by atoms with E-state index in [0.717, 1.165) is 13.1 Å². The van der Waals surface area contributed by atoms with Crippen LogP contribution in [0.5, 0.6) is 0 Å². The van der Waals surface area contributed by atoms with Gasteiger partial charge >= 0.3 is 0 Å². The third-order valence-corrected chi connectivity index (χ3v) is 5.92. The van der Waals surface area contributed by atoms with Gasteiger partial charge in [-0.3, -0.25) is 9.69 Å². The maximum absolute atomic E-state index is 12.4. The second-order valence-corrected chi connectivity index (χ2v) is 7.11. The number of amides is 1. The maximum Gasteiger partial charge on any atom is 0.225 e. The summed E-state index contributed by atoms with van der Waals surface area (Å²) in [5.74, 6) is 1.48. The number of nitrogens with one attached hydrogen (secondary N) is 1. The van der Waals surface area contributed by atoms with E-state index in [2.05, 4.69) is 17.1 Å². The molecule has 1 heterocycles. The van der Waals surface area contributed by atoms with Crippen molar-refractivity contribution in [1.82, 2.24) is 10.2 Å². The Bertz CT molecular complexity index is 367. The highest BCUT2D eigenvalue weighted by molar-refractivity contribution is 5.85. The van der Waals surface area contributed by atoms with Crippen molar-refractivity contribution in [2.75, 3.05) is 19.6 Å². The molecule has 5 unspecified atom stereocenters. The zero-order valence-electron chi connectivity index (χ0n) is 13.5. The molecule has 5 atom stereocenters. The fourth-order valence-electron chi connectivity index (χ4n) is 4.66. The Morgan fingerprint density at radius 2 is 1.91 bits per heavy atom. The van der Waals surface area contributed by atoms with Crippen molar-refractivity contribution >= 4 is 30.7 Å². The first-order valence-corrected chi connectivity index (χ1v) is 8.44. The number of carbonyl (C=O) groups excluding carboxylic acids is 1. The molecule has 2 bridgehead atoms. The van der Waals surface area contributed by atoms with Crippen molar-refractivity contribution in [3.63, 3.8) is 0 Å². The molecule has 1 aliphatic heterocycles. The molecule has 2 saturated carbocycles. The first-order chi connectivity index (χ1) is 9.66. The van der Waals surface area contributed by atoms with Crippen molar-refractivity contribution < 1.29 is 4.79 Å². The summed E-state index contributed by atoms with van der Waals surface area (Å²) in [6, 6.07) is 0.785. The first-order valence-electron chi connectivity index (χ1n) is 8.44. The number of fused-ring (bicyclic) bond motifs is 2. The van der Waals surface area contributed by atoms with Gasteiger partial charge in [0.25, 0.3) is 0 Å². The van der Waals surface area contributed by atoms with Crippen LogP contribution < -0.4 is 11.1 Å². The summed E-state index contributed by atoms with van der Waals surface area (Å²) < 4.78 is 0. The highest BCUT2D eigenvalue weighted by Crippen LogP contribution is 2.47. The van der Waals surface area contributed by atoms with Crippen LogP contribution in [0.3, 0.4) is 0 Å². The topological polar surface area (TPSA) is 58.4 Å². The van der Waals surface area contributed by atoms with E-state index >= 15 is 0 Å². The van der Waals surface area contributed by atoms with Crippen LogP contribution in [0.15, 0.2) is 0 Å². The molecule has 3 aliphatic rings. The minimum Gasteiger partial charge on any atom is -0.355 e. The molecule has 3 fully saturated rings. The number of halogens is 2. The fourth-order valence-corrected chi connectivity index (χ4v) is 4.66. The average molecular weight is 352 g/mol. The molecule has 0 aromatic carbocycles. The normalized spacial score (nSPS) is 37.3. The maximum atomic E-state index is 12.4. The van der Waals surface area contributed by atoms with Gasteiger partial charge in [0.2, 0.25) is 5.91 Å². The number of likely N-dealkylation sites (tertiary alicyclic amines) is 1. The molecule has 0 aromatic rings. The van der Waals surface area contributed by atoms with Crippen molar-refractivity contribution in [3.8, 4) is 0 Å². The van der Waals surface area contributed by atoms with Crippen molar-refractivity contribution in [3.05, 3.63) is 0 Å². The monoisotopic (exact) mass is 351 g/mol. The lowest BCUT2D eigenvalue weighted by Crippen LogP contribution is -2.48. The van der Waals surface area contributed by atoms with Gasteiger partial charge in [0.15, 0.2) is 0 Å². The third-order valence-electron chi connectivity index (χ3n) is 5.92. The molecule has 1 saturated heterocycles. The van der Waals surface area contributed by atoms with E-state index in [9.17, 15) is 4.79 Å². The van der Waals surface area contributed by atoms with Crippen molar-refractivity contribution in [2.45, 2.75) is 57.5 Å². The van der Waals surface area contributed by atoms with Gasteiger partial charge in [-0.25, -0.2) is 0 Å². The van der Waals surface area contributed by atoms with Crippen LogP contribution in [-0.4, -0.2) is 42.5 Å². The molecule has 1 amide bonds. The van der Waals surface area contributed by atoms with Crippen LogP contribution in [0.4, 0.5) is 0 Å². The summed E-state index contributed by atoms with van der Waals surface area (Å²) in [4.78, 5) is 14.9. The Labute approximate surface area is 146 Å². The van der Waals surface area contributed by atoms with E-state index in [0.29, 0.717) is 17.9 Å². The van der Waals surface area contributed by atoms with E-state index in [1.165, 1.54) is 45.1 Å². The fraction of sp³-hybridized carbons (Fsp3) is 0.938. The summed E-state index contributed by atoms with van der Waals surface area (Å²) in [6.07, 6.45) is 7.58. The average Bonchev–Trinajstić information content (AvgIpc) is 3.01. The second-order valence-electron chi connectivity index (χ2n) is 7.11. The molecule has 0 radical (unpaired) electrons. The molecule has 6 heteroatoms. The molecule has 0 spiro atoms. The van der Waals surface area contributed by atoms with E-state index in [1.807, 2.05) is 0 Å². The van der Waals surface area contributed by atoms with Gasteiger partial charge in [0, 0.05) is 25.2 Å². The lowest BCUT2D eigenvalue weighted by atomic mass is 9.84. The molecule has 4 nitrogen and oxygen atoms in total. The molecular weight excluding hydrogens is 321 g/mol. The summed E-state index contributed by atoms with van der Waals surface area (Å²) >= 11 is 0. The number of nitrogens with two attached hydrogens (primary N) is 1. The van der Waals surface area contributed by atoms with Gasteiger partial charge in [-0.2, -0.15) is 0 Å². The van der Waals surface area contributed by atoms with Gasteiger partial charge in [0.05, 0.1) is 5.92 Å². The zero-order valence-corrected chi connectivity index (χ0v) is 15.1. The molecule has 0 aromatic heterocycles. The second kappa shape index (κ2) is 8.72. The highest BCUT2D eigenvalue weighted by atomic mass is 35.5. The minimum atomic E-state index is 0. The van der Waals surface area contributed by atoms with Gasteiger partial charge in [0.1, 0.15) is 0 Å². The van der Waals surface area contributed by atoms with Crippen LogP contribution in [0.25, 0.3) is 0 Å². The van der Waals surface area contributed by atoms with E-state index in [-0.39, 0.29) is 42.7 Å². The predicted molar refractivity (Wildman–Crippen MR) is 94.7 cm³/mol. The summed E-state index contributed by atoms with van der Waals surface area (Å²) in [5, 5.41) is 3.15. The summed E-state index contributed by atoms with van der Waals surface area (Å²) in [5.41, 5.74) is 6.23. The Kier molecular flexibility index (Phi) is 7.93. The molecule has 3 rings (SSSR count). The highest BCUT2D eigenvalue weighted by Gasteiger charge is 2.48. The zero-order chi connectivity index (χ0) is 14.1. The SMILES string of the molecule is CC1CCCCN1CCNC(=O)C1C2CCC(C2)C1N.Cl.Cl. The van der Waals surface area contributed by atoms with E-state index < -0.39 is 0 Å². The van der Waals surface area contributed by atoms with Crippen LogP contribution in [0.1, 0.15) is 45.4 Å². The van der Waals surface area contributed by atoms with Gasteiger partial charge in [-0.1, -0.05) is 6.42 Å². The number of carbonyl (C=O) groups is 1. The Morgan fingerprint density at radius 1 is 1.18 bits per heavy atom. The largest absolute Gasteiger partial charge is 0.355 e. The molecule has 2 aliphatic carbocycles. The third kappa shape index (κ3) is 4.08. The molecule has 130 valence electrons. The Hall–Kier alpha value is -0.0300. The Balaban J connectivity index is 0.00000121. The number of piperidine rings is 1. The molecule has 22 heavy (non-hydrogen) atoms. The van der Waals surface area contributed by atoms with Crippen LogP contribution >= 0.6 is 24.8 Å². The number of hydrogen-bond donors (Lipinski definition) is 2. The van der Waals surface area contributed by atoms with Gasteiger partial charge in [-0.05, 0) is 57.4 Å². The number of hydrogen-bond acceptors (Lipinski definition) is 3. The number of nitrogens with zero attached hydrogens (tertiary/aromatic N) is 1. The first kappa shape index (κ1) is 20.0. The van der Waals surface area contributed by atoms with E-state index in [1.54, 1.807) is 0 Å². The minimum absolute atomic E-state index is 0. The number of rotatable bonds is 4. The quantitative estimate of drug-likeness (QED) is 0.816. The smallest absolute Gasteiger partial charge is 0.225 e. The predicted octanol–water partition coefficient (Wildman–Crippen LogP) is 2.19. The summed E-state index contributed by atoms with van der Waals surface area (Å²) in [6.45, 7) is 5.25. The standard InChI is InChI=1S/C16H29N3O.2ClH/c1-11-4-2-3-8-19(11)9-7-18-16(20)14-12-5-6-13(10-12)15(14)17;;/h11-15H,2-10,17H2,1H3,(H,18,20);2*1H. The van der Waals surface area contributed by atoms with E-state index in [4.69, 9.17) is 5.73 Å². The molecular formula is C16H31Cl2N3O. The van der Waals surface area contributed by atoms with Gasteiger partial charge in [-0.15, -0.1) is 24.8 Å².